The predicted octanol–water partition coefficient (Wildman–Crippen LogP) is 1.22. The highest BCUT2D eigenvalue weighted by Gasteiger charge is 1.95. The summed E-state index contributed by atoms with van der Waals surface area (Å²) in [5.74, 6) is 4.77. The summed E-state index contributed by atoms with van der Waals surface area (Å²) in [5.41, 5.74) is 0.162. The van der Waals surface area contributed by atoms with Crippen molar-refractivity contribution in [2.75, 3.05) is 13.7 Å². The van der Waals surface area contributed by atoms with Crippen LogP contribution in [0.15, 0.2) is 18.3 Å². The Morgan fingerprint density at radius 2 is 2.50 bits per heavy atom. The summed E-state index contributed by atoms with van der Waals surface area (Å²) in [6.45, 7) is 0.288. The van der Waals surface area contributed by atoms with Crippen LogP contribution < -0.4 is 0 Å². The fourth-order valence-corrected chi connectivity index (χ4v) is 0.670. The van der Waals surface area contributed by atoms with Gasteiger partial charge in [-0.3, -0.25) is 0 Å². The minimum Gasteiger partial charge on any atom is -0.372 e. The predicted molar refractivity (Wildman–Crippen MR) is 42.9 cm³/mol. The molecule has 1 heterocycles. The fraction of sp³-hybridized carbons (Fsp3) is 0.222. The highest BCUT2D eigenvalue weighted by atomic mass is 19.1. The zero-order valence-electron chi connectivity index (χ0n) is 6.67. The van der Waals surface area contributed by atoms with Crippen molar-refractivity contribution in [1.82, 2.24) is 4.98 Å². The van der Waals surface area contributed by atoms with Crippen LogP contribution in [0.2, 0.25) is 0 Å². The lowest BCUT2D eigenvalue weighted by Gasteiger charge is -1.89. The Hall–Kier alpha value is -1.40. The van der Waals surface area contributed by atoms with Crippen LogP contribution in [0.1, 0.15) is 5.69 Å². The van der Waals surface area contributed by atoms with Crippen LogP contribution in [0.5, 0.6) is 0 Å². The van der Waals surface area contributed by atoms with E-state index in [2.05, 4.69) is 21.6 Å². The molecule has 2 nitrogen and oxygen atoms in total. The average molecular weight is 165 g/mol. The molecule has 0 aliphatic carbocycles. The maximum Gasteiger partial charge on any atom is 0.157 e. The van der Waals surface area contributed by atoms with Crippen molar-refractivity contribution in [1.29, 1.82) is 0 Å². The Balaban J connectivity index is 2.77. The van der Waals surface area contributed by atoms with E-state index in [4.69, 9.17) is 0 Å². The second-order valence-electron chi connectivity index (χ2n) is 2.07. The molecule has 0 atom stereocenters. The number of pyridine rings is 1. The first-order chi connectivity index (χ1) is 5.84. The van der Waals surface area contributed by atoms with Gasteiger partial charge in [-0.05, 0) is 18.1 Å². The molecule has 1 aromatic rings. The SMILES string of the molecule is COCC#Cc1ncccc1F. The summed E-state index contributed by atoms with van der Waals surface area (Å²) in [6.07, 6.45) is 1.50. The van der Waals surface area contributed by atoms with Crippen LogP contribution in [-0.2, 0) is 4.74 Å². The van der Waals surface area contributed by atoms with Crippen molar-refractivity contribution >= 4 is 0 Å². The fourth-order valence-electron chi connectivity index (χ4n) is 0.670. The number of ether oxygens (including phenoxy) is 1. The maximum atomic E-state index is 12.8. The van der Waals surface area contributed by atoms with Gasteiger partial charge in [0, 0.05) is 13.3 Å². The highest BCUT2D eigenvalue weighted by molar-refractivity contribution is 5.28. The smallest absolute Gasteiger partial charge is 0.157 e. The lowest BCUT2D eigenvalue weighted by Crippen LogP contribution is -1.88. The number of hydrogen-bond donors (Lipinski definition) is 0. The molecular formula is C9H8FNO. The number of halogens is 1. The van der Waals surface area contributed by atoms with Gasteiger partial charge in [-0.15, -0.1) is 0 Å². The van der Waals surface area contributed by atoms with Crippen LogP contribution in [0.3, 0.4) is 0 Å². The lowest BCUT2D eigenvalue weighted by molar-refractivity contribution is 0.240. The number of methoxy groups -OCH3 is 1. The van der Waals surface area contributed by atoms with Gasteiger partial charge in [0.25, 0.3) is 0 Å². The molecule has 3 heteroatoms. The molecular weight excluding hydrogens is 157 g/mol. The lowest BCUT2D eigenvalue weighted by atomic mass is 10.3. The van der Waals surface area contributed by atoms with Crippen LogP contribution in [0.25, 0.3) is 0 Å². The van der Waals surface area contributed by atoms with Gasteiger partial charge in [0.1, 0.15) is 12.3 Å². The highest BCUT2D eigenvalue weighted by Crippen LogP contribution is 1.99. The van der Waals surface area contributed by atoms with Gasteiger partial charge in [-0.25, -0.2) is 9.37 Å². The Kier molecular flexibility index (Phi) is 3.24. The first kappa shape index (κ1) is 8.69. The van der Waals surface area contributed by atoms with E-state index in [1.807, 2.05) is 0 Å². The molecule has 0 amide bonds. The number of hydrogen-bond acceptors (Lipinski definition) is 2. The number of aromatic nitrogens is 1. The molecule has 12 heavy (non-hydrogen) atoms. The molecule has 62 valence electrons. The van der Waals surface area contributed by atoms with Crippen molar-refractivity contribution in [2.24, 2.45) is 0 Å². The molecule has 0 aliphatic rings. The second kappa shape index (κ2) is 4.47. The van der Waals surface area contributed by atoms with E-state index in [9.17, 15) is 4.39 Å². The summed E-state index contributed by atoms with van der Waals surface area (Å²) in [4.78, 5) is 3.75. The molecule has 1 rings (SSSR count). The van der Waals surface area contributed by atoms with Crippen molar-refractivity contribution in [3.8, 4) is 11.8 Å². The third-order valence-electron chi connectivity index (χ3n) is 1.18. The molecule has 0 aliphatic heterocycles. The molecule has 0 saturated heterocycles. The third kappa shape index (κ3) is 2.33. The van der Waals surface area contributed by atoms with E-state index in [-0.39, 0.29) is 12.3 Å². The van der Waals surface area contributed by atoms with E-state index in [0.29, 0.717) is 0 Å². The quantitative estimate of drug-likeness (QED) is 0.584. The maximum absolute atomic E-state index is 12.8. The Morgan fingerprint density at radius 3 is 3.17 bits per heavy atom. The summed E-state index contributed by atoms with van der Waals surface area (Å²) in [6, 6.07) is 2.85. The largest absolute Gasteiger partial charge is 0.372 e. The van der Waals surface area contributed by atoms with Crippen LogP contribution >= 0.6 is 0 Å². The molecule has 0 spiro atoms. The standard InChI is InChI=1S/C9H8FNO/c1-12-7-3-5-9-8(10)4-2-6-11-9/h2,4,6H,7H2,1H3. The van der Waals surface area contributed by atoms with Gasteiger partial charge >= 0.3 is 0 Å². The minimum atomic E-state index is -0.402. The summed E-state index contributed by atoms with van der Waals surface area (Å²) < 4.78 is 17.5. The molecule has 0 fully saturated rings. The average Bonchev–Trinajstić information content (AvgIpc) is 2.09. The van der Waals surface area contributed by atoms with Crippen LogP contribution in [0, 0.1) is 17.7 Å². The van der Waals surface area contributed by atoms with Gasteiger partial charge in [0.2, 0.25) is 0 Å². The van der Waals surface area contributed by atoms with Crippen molar-refractivity contribution in [2.45, 2.75) is 0 Å². The zero-order chi connectivity index (χ0) is 8.81. The molecule has 0 aromatic carbocycles. The topological polar surface area (TPSA) is 22.1 Å². The van der Waals surface area contributed by atoms with E-state index >= 15 is 0 Å². The number of rotatable bonds is 1. The Labute approximate surface area is 70.4 Å². The van der Waals surface area contributed by atoms with E-state index in [0.717, 1.165) is 0 Å². The summed E-state index contributed by atoms with van der Waals surface area (Å²) in [7, 11) is 1.53. The van der Waals surface area contributed by atoms with Crippen LogP contribution in [0.4, 0.5) is 4.39 Å². The normalized spacial score (nSPS) is 8.83. The van der Waals surface area contributed by atoms with E-state index < -0.39 is 5.82 Å². The molecule has 0 N–H and O–H groups in total. The second-order valence-corrected chi connectivity index (χ2v) is 2.07. The molecule has 0 saturated carbocycles. The van der Waals surface area contributed by atoms with Gasteiger partial charge < -0.3 is 4.74 Å². The van der Waals surface area contributed by atoms with Crippen LogP contribution in [-0.4, -0.2) is 18.7 Å². The molecule has 0 radical (unpaired) electrons. The van der Waals surface area contributed by atoms with Crippen molar-refractivity contribution in [3.05, 3.63) is 29.8 Å². The Morgan fingerprint density at radius 1 is 1.67 bits per heavy atom. The van der Waals surface area contributed by atoms with E-state index in [1.54, 1.807) is 0 Å². The summed E-state index contributed by atoms with van der Waals surface area (Å²) in [5, 5.41) is 0. The van der Waals surface area contributed by atoms with E-state index in [1.165, 1.54) is 25.4 Å². The molecule has 0 unspecified atom stereocenters. The summed E-state index contributed by atoms with van der Waals surface area (Å²) >= 11 is 0. The minimum absolute atomic E-state index is 0.162. The monoisotopic (exact) mass is 165 g/mol. The molecule has 0 bridgehead atoms. The van der Waals surface area contributed by atoms with Crippen molar-refractivity contribution < 1.29 is 9.13 Å². The zero-order valence-corrected chi connectivity index (χ0v) is 6.67. The Bertz CT molecular complexity index is 314. The number of nitrogens with zero attached hydrogens (tertiary/aromatic N) is 1. The van der Waals surface area contributed by atoms with Gasteiger partial charge in [-0.2, -0.15) is 0 Å². The molecule has 1 aromatic heterocycles. The first-order valence-corrected chi connectivity index (χ1v) is 3.43. The van der Waals surface area contributed by atoms with Gasteiger partial charge in [-0.1, -0.05) is 5.92 Å². The first-order valence-electron chi connectivity index (χ1n) is 3.43. The van der Waals surface area contributed by atoms with Gasteiger partial charge in [0.15, 0.2) is 5.82 Å². The van der Waals surface area contributed by atoms with Crippen molar-refractivity contribution in [3.63, 3.8) is 0 Å². The third-order valence-corrected chi connectivity index (χ3v) is 1.18. The van der Waals surface area contributed by atoms with Gasteiger partial charge in [0.05, 0.1) is 0 Å².